The highest BCUT2D eigenvalue weighted by molar-refractivity contribution is 5.53. The third-order valence-corrected chi connectivity index (χ3v) is 4.01. The maximum Gasteiger partial charge on any atom is 0.0547 e. The molecule has 3 nitrogen and oxygen atoms in total. The molecule has 0 unspecified atom stereocenters. The second-order valence-electron chi connectivity index (χ2n) is 5.20. The molecule has 16 heavy (non-hydrogen) atoms. The van der Waals surface area contributed by atoms with Crippen molar-refractivity contribution >= 4 is 11.4 Å². The van der Waals surface area contributed by atoms with Crippen LogP contribution in [-0.2, 0) is 0 Å². The fraction of sp³-hybridized carbons (Fsp3) is 0.615. The second-order valence-corrected chi connectivity index (χ2v) is 5.20. The molecule has 1 heterocycles. The number of pyridine rings is 1. The third kappa shape index (κ3) is 1.86. The summed E-state index contributed by atoms with van der Waals surface area (Å²) in [6, 6.07) is 2.12. The molecule has 1 aromatic rings. The number of nitrogens with one attached hydrogen (secondary N) is 2. The van der Waals surface area contributed by atoms with Crippen LogP contribution in [0.5, 0.6) is 0 Å². The molecular formula is C13H19N3. The van der Waals surface area contributed by atoms with E-state index < -0.39 is 0 Å². The summed E-state index contributed by atoms with van der Waals surface area (Å²) in [5, 5.41) is 6.65. The summed E-state index contributed by atoms with van der Waals surface area (Å²) in [7, 11) is 1.92. The Labute approximate surface area is 96.7 Å². The van der Waals surface area contributed by atoms with Gasteiger partial charge in [-0.3, -0.25) is 4.98 Å². The number of hydrogen-bond acceptors (Lipinski definition) is 3. The molecule has 0 spiro atoms. The highest BCUT2D eigenvalue weighted by Crippen LogP contribution is 2.61. The van der Waals surface area contributed by atoms with Crippen molar-refractivity contribution in [3.8, 4) is 0 Å². The van der Waals surface area contributed by atoms with Crippen LogP contribution in [-0.4, -0.2) is 18.6 Å². The monoisotopic (exact) mass is 217 g/mol. The number of rotatable bonds is 5. The second kappa shape index (κ2) is 3.65. The van der Waals surface area contributed by atoms with Crippen LogP contribution in [0.1, 0.15) is 25.7 Å². The van der Waals surface area contributed by atoms with Crippen molar-refractivity contribution in [2.45, 2.75) is 25.7 Å². The summed E-state index contributed by atoms with van der Waals surface area (Å²) in [6.45, 7) is 1.13. The Bertz CT molecular complexity index is 381. The Kier molecular flexibility index (Phi) is 2.27. The molecule has 2 N–H and O–H groups in total. The molecule has 0 bridgehead atoms. The van der Waals surface area contributed by atoms with E-state index >= 15 is 0 Å². The Morgan fingerprint density at radius 2 is 2.06 bits per heavy atom. The van der Waals surface area contributed by atoms with Crippen LogP contribution in [0.15, 0.2) is 18.5 Å². The average molecular weight is 217 g/mol. The molecule has 2 aliphatic rings. The van der Waals surface area contributed by atoms with Crippen molar-refractivity contribution < 1.29 is 0 Å². The molecule has 0 aromatic carbocycles. The molecule has 3 heteroatoms. The molecular weight excluding hydrogens is 198 g/mol. The van der Waals surface area contributed by atoms with Crippen molar-refractivity contribution in [1.82, 2.24) is 4.98 Å². The van der Waals surface area contributed by atoms with Crippen LogP contribution in [0.2, 0.25) is 0 Å². The highest BCUT2D eigenvalue weighted by atomic mass is 14.9. The van der Waals surface area contributed by atoms with Gasteiger partial charge < -0.3 is 10.6 Å². The van der Waals surface area contributed by atoms with Crippen LogP contribution in [0.4, 0.5) is 11.4 Å². The van der Waals surface area contributed by atoms with Gasteiger partial charge in [-0.25, -0.2) is 0 Å². The minimum Gasteiger partial charge on any atom is -0.387 e. The summed E-state index contributed by atoms with van der Waals surface area (Å²) >= 11 is 0. The van der Waals surface area contributed by atoms with Gasteiger partial charge in [0.05, 0.1) is 23.8 Å². The summed E-state index contributed by atoms with van der Waals surface area (Å²) < 4.78 is 0. The van der Waals surface area contributed by atoms with E-state index in [2.05, 4.69) is 21.7 Å². The molecule has 0 radical (unpaired) electrons. The van der Waals surface area contributed by atoms with Crippen molar-refractivity contribution in [3.05, 3.63) is 18.5 Å². The van der Waals surface area contributed by atoms with Crippen LogP contribution in [0.3, 0.4) is 0 Å². The molecule has 0 amide bonds. The van der Waals surface area contributed by atoms with E-state index in [4.69, 9.17) is 0 Å². The third-order valence-electron chi connectivity index (χ3n) is 4.01. The fourth-order valence-corrected chi connectivity index (χ4v) is 2.54. The predicted molar refractivity (Wildman–Crippen MR) is 66.7 cm³/mol. The minimum absolute atomic E-state index is 0.648. The van der Waals surface area contributed by atoms with Gasteiger partial charge in [-0.1, -0.05) is 0 Å². The average Bonchev–Trinajstić information content (AvgIpc) is 3.17. The molecule has 2 aliphatic carbocycles. The Morgan fingerprint density at radius 1 is 1.31 bits per heavy atom. The molecule has 0 aliphatic heterocycles. The van der Waals surface area contributed by atoms with Gasteiger partial charge in [0.1, 0.15) is 0 Å². The standard InChI is InChI=1S/C13H19N3/c1-14-11-6-12(8-15-7-11)16-9-13(4-5-13)10-2-3-10/h6-8,10,14,16H,2-5,9H2,1H3. The van der Waals surface area contributed by atoms with Crippen molar-refractivity contribution in [2.75, 3.05) is 24.2 Å². The Hall–Kier alpha value is -1.25. The largest absolute Gasteiger partial charge is 0.387 e. The first-order valence-electron chi connectivity index (χ1n) is 6.19. The lowest BCUT2D eigenvalue weighted by atomic mass is 10.0. The van der Waals surface area contributed by atoms with Crippen LogP contribution < -0.4 is 10.6 Å². The van der Waals surface area contributed by atoms with Crippen molar-refractivity contribution in [2.24, 2.45) is 11.3 Å². The minimum atomic E-state index is 0.648. The van der Waals surface area contributed by atoms with E-state index in [1.807, 2.05) is 19.4 Å². The Morgan fingerprint density at radius 3 is 2.69 bits per heavy atom. The first-order valence-corrected chi connectivity index (χ1v) is 6.19. The van der Waals surface area contributed by atoms with E-state index in [0.717, 1.165) is 23.8 Å². The van der Waals surface area contributed by atoms with E-state index in [1.165, 1.54) is 25.7 Å². The topological polar surface area (TPSA) is 37.0 Å². The van der Waals surface area contributed by atoms with Crippen molar-refractivity contribution in [1.29, 1.82) is 0 Å². The van der Waals surface area contributed by atoms with Gasteiger partial charge in [-0.2, -0.15) is 0 Å². The quantitative estimate of drug-likeness (QED) is 0.796. The lowest BCUT2D eigenvalue weighted by molar-refractivity contribution is 0.467. The van der Waals surface area contributed by atoms with Gasteiger partial charge in [0.25, 0.3) is 0 Å². The van der Waals surface area contributed by atoms with Gasteiger partial charge in [0, 0.05) is 13.6 Å². The van der Waals surface area contributed by atoms with Crippen molar-refractivity contribution in [3.63, 3.8) is 0 Å². The first-order chi connectivity index (χ1) is 7.82. The number of aromatic nitrogens is 1. The molecule has 0 atom stereocenters. The summed E-state index contributed by atoms with van der Waals surface area (Å²) in [4.78, 5) is 4.21. The Balaban J connectivity index is 1.61. The number of nitrogens with zero attached hydrogens (tertiary/aromatic N) is 1. The van der Waals surface area contributed by atoms with E-state index in [0.29, 0.717) is 5.41 Å². The number of hydrogen-bond donors (Lipinski definition) is 2. The zero-order valence-electron chi connectivity index (χ0n) is 9.79. The van der Waals surface area contributed by atoms with E-state index in [9.17, 15) is 0 Å². The first kappa shape index (κ1) is 9.94. The fourth-order valence-electron chi connectivity index (χ4n) is 2.54. The predicted octanol–water partition coefficient (Wildman–Crippen LogP) is 2.73. The lowest BCUT2D eigenvalue weighted by Crippen LogP contribution is -2.17. The van der Waals surface area contributed by atoms with E-state index in [-0.39, 0.29) is 0 Å². The molecule has 1 aromatic heterocycles. The zero-order chi connectivity index (χ0) is 11.0. The zero-order valence-corrected chi connectivity index (χ0v) is 9.79. The van der Waals surface area contributed by atoms with Gasteiger partial charge in [0.15, 0.2) is 0 Å². The maximum absolute atomic E-state index is 4.21. The van der Waals surface area contributed by atoms with Crippen LogP contribution >= 0.6 is 0 Å². The van der Waals surface area contributed by atoms with Gasteiger partial charge in [-0.05, 0) is 43.1 Å². The summed E-state index contributed by atoms with van der Waals surface area (Å²) in [5.74, 6) is 1.01. The molecule has 2 saturated carbocycles. The van der Waals surface area contributed by atoms with Crippen LogP contribution in [0, 0.1) is 11.3 Å². The molecule has 2 fully saturated rings. The van der Waals surface area contributed by atoms with Crippen LogP contribution in [0.25, 0.3) is 0 Å². The smallest absolute Gasteiger partial charge is 0.0547 e. The highest BCUT2D eigenvalue weighted by Gasteiger charge is 2.53. The van der Waals surface area contributed by atoms with Gasteiger partial charge in [0.2, 0.25) is 0 Å². The molecule has 0 saturated heterocycles. The van der Waals surface area contributed by atoms with E-state index in [1.54, 1.807) is 0 Å². The molecule has 3 rings (SSSR count). The normalized spacial score (nSPS) is 21.6. The SMILES string of the molecule is CNc1cncc(NCC2(C3CC3)CC2)c1. The summed E-state index contributed by atoms with van der Waals surface area (Å²) in [5.41, 5.74) is 2.86. The summed E-state index contributed by atoms with van der Waals surface area (Å²) in [6.07, 6.45) is 9.50. The molecule has 86 valence electrons. The lowest BCUT2D eigenvalue weighted by Gasteiger charge is -2.16. The number of anilines is 2. The maximum atomic E-state index is 4.21. The van der Waals surface area contributed by atoms with Gasteiger partial charge in [-0.15, -0.1) is 0 Å². The van der Waals surface area contributed by atoms with Gasteiger partial charge >= 0.3 is 0 Å².